The van der Waals surface area contributed by atoms with Crippen LogP contribution in [0.5, 0.6) is 5.75 Å². The van der Waals surface area contributed by atoms with Gasteiger partial charge in [0.15, 0.2) is 0 Å². The van der Waals surface area contributed by atoms with E-state index in [9.17, 15) is 5.11 Å². The molecule has 1 unspecified atom stereocenters. The van der Waals surface area contributed by atoms with Crippen molar-refractivity contribution in [3.05, 3.63) is 28.8 Å². The minimum Gasteiger partial charge on any atom is -0.496 e. The smallest absolute Gasteiger partial charge is 0.122 e. The van der Waals surface area contributed by atoms with Gasteiger partial charge in [0.05, 0.1) is 13.2 Å². The molecule has 0 saturated carbocycles. The highest BCUT2D eigenvalue weighted by Crippen LogP contribution is 2.27. The molecule has 1 aromatic carbocycles. The number of nitrogens with one attached hydrogen (secondary N) is 1. The molecule has 0 fully saturated rings. The van der Waals surface area contributed by atoms with Crippen molar-refractivity contribution in [1.82, 2.24) is 5.32 Å². The standard InChI is InChI=1S/C14H23NO2/c1-9(2)15-8-13(16)12-6-7-14(17-5)11(4)10(12)3/h6-7,9,13,15-16H,8H2,1-5H3. The van der Waals surface area contributed by atoms with Gasteiger partial charge in [0.1, 0.15) is 5.75 Å². The maximum atomic E-state index is 10.1. The van der Waals surface area contributed by atoms with Crippen molar-refractivity contribution in [3.63, 3.8) is 0 Å². The fourth-order valence-corrected chi connectivity index (χ4v) is 1.86. The van der Waals surface area contributed by atoms with E-state index in [0.717, 1.165) is 22.4 Å². The van der Waals surface area contributed by atoms with E-state index < -0.39 is 6.10 Å². The van der Waals surface area contributed by atoms with Crippen LogP contribution in [0.3, 0.4) is 0 Å². The number of methoxy groups -OCH3 is 1. The van der Waals surface area contributed by atoms with Crippen molar-refractivity contribution in [3.8, 4) is 5.75 Å². The van der Waals surface area contributed by atoms with Crippen molar-refractivity contribution in [2.45, 2.75) is 39.8 Å². The molecule has 0 saturated heterocycles. The lowest BCUT2D eigenvalue weighted by molar-refractivity contribution is 0.171. The Morgan fingerprint density at radius 1 is 1.24 bits per heavy atom. The van der Waals surface area contributed by atoms with Gasteiger partial charge in [0, 0.05) is 12.6 Å². The van der Waals surface area contributed by atoms with Crippen molar-refractivity contribution >= 4 is 0 Å². The van der Waals surface area contributed by atoms with Gasteiger partial charge in [-0.05, 0) is 36.6 Å². The van der Waals surface area contributed by atoms with Crippen LogP contribution < -0.4 is 10.1 Å². The lowest BCUT2D eigenvalue weighted by Gasteiger charge is -2.18. The third kappa shape index (κ3) is 3.45. The van der Waals surface area contributed by atoms with E-state index in [1.807, 2.05) is 26.0 Å². The normalized spacial score (nSPS) is 12.9. The zero-order valence-corrected chi connectivity index (χ0v) is 11.4. The molecule has 0 aromatic heterocycles. The average Bonchev–Trinajstić information content (AvgIpc) is 2.29. The molecule has 2 N–H and O–H groups in total. The summed E-state index contributed by atoms with van der Waals surface area (Å²) in [5, 5.41) is 13.4. The Balaban J connectivity index is 2.87. The lowest BCUT2D eigenvalue weighted by Crippen LogP contribution is -2.28. The number of hydrogen-bond acceptors (Lipinski definition) is 3. The Bertz CT molecular complexity index is 375. The van der Waals surface area contributed by atoms with Gasteiger partial charge in [-0.25, -0.2) is 0 Å². The summed E-state index contributed by atoms with van der Waals surface area (Å²) in [5.74, 6) is 0.871. The highest BCUT2D eigenvalue weighted by molar-refractivity contribution is 5.44. The third-order valence-corrected chi connectivity index (χ3v) is 3.08. The zero-order chi connectivity index (χ0) is 13.0. The summed E-state index contributed by atoms with van der Waals surface area (Å²) >= 11 is 0. The van der Waals surface area contributed by atoms with E-state index in [1.54, 1.807) is 7.11 Å². The molecule has 17 heavy (non-hydrogen) atoms. The van der Waals surface area contributed by atoms with Gasteiger partial charge in [-0.1, -0.05) is 19.9 Å². The van der Waals surface area contributed by atoms with Crippen LogP contribution in [0, 0.1) is 13.8 Å². The minimum absolute atomic E-state index is 0.379. The maximum absolute atomic E-state index is 10.1. The van der Waals surface area contributed by atoms with Gasteiger partial charge in [0.2, 0.25) is 0 Å². The number of ether oxygens (including phenoxy) is 1. The summed E-state index contributed by atoms with van der Waals surface area (Å²) in [7, 11) is 1.66. The largest absolute Gasteiger partial charge is 0.496 e. The van der Waals surface area contributed by atoms with Crippen molar-refractivity contribution < 1.29 is 9.84 Å². The SMILES string of the molecule is COc1ccc(C(O)CNC(C)C)c(C)c1C. The molecule has 96 valence electrons. The van der Waals surface area contributed by atoms with Crippen molar-refractivity contribution in [2.24, 2.45) is 0 Å². The summed E-state index contributed by atoms with van der Waals surface area (Å²) in [4.78, 5) is 0. The first-order chi connectivity index (χ1) is 7.97. The Hall–Kier alpha value is -1.06. The number of benzene rings is 1. The van der Waals surface area contributed by atoms with Gasteiger partial charge in [0.25, 0.3) is 0 Å². The second-order valence-electron chi connectivity index (χ2n) is 4.69. The summed E-state index contributed by atoms with van der Waals surface area (Å²) in [5.41, 5.74) is 3.16. The van der Waals surface area contributed by atoms with Crippen molar-refractivity contribution in [1.29, 1.82) is 0 Å². The molecule has 0 aliphatic carbocycles. The summed E-state index contributed by atoms with van der Waals surface area (Å²) in [6.07, 6.45) is -0.470. The topological polar surface area (TPSA) is 41.5 Å². The van der Waals surface area contributed by atoms with E-state index >= 15 is 0 Å². The van der Waals surface area contributed by atoms with Gasteiger partial charge in [-0.15, -0.1) is 0 Å². The first-order valence-corrected chi connectivity index (χ1v) is 6.03. The van der Waals surface area contributed by atoms with E-state index in [-0.39, 0.29) is 0 Å². The summed E-state index contributed by atoms with van der Waals surface area (Å²) in [6.45, 7) is 8.74. The van der Waals surface area contributed by atoms with Crippen LogP contribution in [0.4, 0.5) is 0 Å². The number of aliphatic hydroxyl groups is 1. The molecule has 1 atom stereocenters. The number of aliphatic hydroxyl groups excluding tert-OH is 1. The molecule has 0 aliphatic rings. The Morgan fingerprint density at radius 2 is 1.88 bits per heavy atom. The molecular formula is C14H23NO2. The number of hydrogen-bond donors (Lipinski definition) is 2. The third-order valence-electron chi connectivity index (χ3n) is 3.08. The van der Waals surface area contributed by atoms with Crippen LogP contribution in [0.25, 0.3) is 0 Å². The van der Waals surface area contributed by atoms with Crippen LogP contribution in [0.1, 0.15) is 36.6 Å². The molecule has 1 rings (SSSR count). The van der Waals surface area contributed by atoms with E-state index in [2.05, 4.69) is 19.2 Å². The van der Waals surface area contributed by atoms with Gasteiger partial charge in [-0.2, -0.15) is 0 Å². The van der Waals surface area contributed by atoms with E-state index in [4.69, 9.17) is 4.74 Å². The van der Waals surface area contributed by atoms with Gasteiger partial charge in [-0.3, -0.25) is 0 Å². The Morgan fingerprint density at radius 3 is 2.41 bits per heavy atom. The molecule has 3 heteroatoms. The second-order valence-corrected chi connectivity index (χ2v) is 4.69. The highest BCUT2D eigenvalue weighted by Gasteiger charge is 2.14. The lowest BCUT2D eigenvalue weighted by atomic mass is 9.98. The first-order valence-electron chi connectivity index (χ1n) is 6.03. The van der Waals surface area contributed by atoms with Gasteiger partial charge < -0.3 is 15.2 Å². The molecule has 0 amide bonds. The Kier molecular flexibility index (Phi) is 4.97. The molecule has 0 spiro atoms. The molecule has 0 radical (unpaired) electrons. The average molecular weight is 237 g/mol. The fourth-order valence-electron chi connectivity index (χ4n) is 1.86. The van der Waals surface area contributed by atoms with Gasteiger partial charge >= 0.3 is 0 Å². The molecule has 0 heterocycles. The minimum atomic E-state index is -0.470. The van der Waals surface area contributed by atoms with Crippen LogP contribution in [0.15, 0.2) is 12.1 Å². The quantitative estimate of drug-likeness (QED) is 0.826. The molecular weight excluding hydrogens is 214 g/mol. The predicted molar refractivity (Wildman–Crippen MR) is 70.6 cm³/mol. The second kappa shape index (κ2) is 6.03. The highest BCUT2D eigenvalue weighted by atomic mass is 16.5. The fraction of sp³-hybridized carbons (Fsp3) is 0.571. The number of rotatable bonds is 5. The van der Waals surface area contributed by atoms with Crippen LogP contribution in [0.2, 0.25) is 0 Å². The monoisotopic (exact) mass is 237 g/mol. The maximum Gasteiger partial charge on any atom is 0.122 e. The summed E-state index contributed by atoms with van der Waals surface area (Å²) < 4.78 is 5.26. The van der Waals surface area contributed by atoms with Crippen LogP contribution >= 0.6 is 0 Å². The van der Waals surface area contributed by atoms with E-state index in [1.165, 1.54) is 0 Å². The molecule has 3 nitrogen and oxygen atoms in total. The van der Waals surface area contributed by atoms with Crippen LogP contribution in [-0.4, -0.2) is 24.8 Å². The zero-order valence-electron chi connectivity index (χ0n) is 11.4. The Labute approximate surface area is 104 Å². The van der Waals surface area contributed by atoms with E-state index in [0.29, 0.717) is 12.6 Å². The van der Waals surface area contributed by atoms with Crippen molar-refractivity contribution in [2.75, 3.05) is 13.7 Å². The van der Waals surface area contributed by atoms with Crippen LogP contribution in [-0.2, 0) is 0 Å². The first kappa shape index (κ1) is 14.0. The molecule has 1 aromatic rings. The molecule has 0 bridgehead atoms. The predicted octanol–water partition coefficient (Wildman–Crippen LogP) is 2.34. The summed E-state index contributed by atoms with van der Waals surface area (Å²) in [6, 6.07) is 4.23. The molecule has 0 aliphatic heterocycles.